The van der Waals surface area contributed by atoms with Crippen molar-refractivity contribution in [3.8, 4) is 5.75 Å². The maximum Gasteiger partial charge on any atom is 0.254 e. The van der Waals surface area contributed by atoms with Crippen LogP contribution in [0.15, 0.2) is 83.7 Å². The van der Waals surface area contributed by atoms with E-state index in [2.05, 4.69) is 4.98 Å². The van der Waals surface area contributed by atoms with Crippen molar-refractivity contribution < 1.29 is 13.9 Å². The molecule has 0 spiro atoms. The summed E-state index contributed by atoms with van der Waals surface area (Å²) in [6, 6.07) is 19.2. The normalized spacial score (nSPS) is 10.8. The molecular formula is C25H25N3O3. The molecular weight excluding hydrogens is 390 g/mol. The zero-order valence-corrected chi connectivity index (χ0v) is 17.7. The molecule has 0 unspecified atom stereocenters. The summed E-state index contributed by atoms with van der Waals surface area (Å²) >= 11 is 0. The second kappa shape index (κ2) is 9.34. The summed E-state index contributed by atoms with van der Waals surface area (Å²) in [6.07, 6.45) is 5.31. The van der Waals surface area contributed by atoms with Crippen molar-refractivity contribution in [1.82, 2.24) is 14.5 Å². The first-order valence-corrected chi connectivity index (χ1v) is 10.1. The molecule has 1 amide bonds. The van der Waals surface area contributed by atoms with Crippen LogP contribution in [0.2, 0.25) is 0 Å². The van der Waals surface area contributed by atoms with Crippen LogP contribution < -0.4 is 4.74 Å². The van der Waals surface area contributed by atoms with Gasteiger partial charge in [-0.2, -0.15) is 0 Å². The van der Waals surface area contributed by atoms with Gasteiger partial charge >= 0.3 is 0 Å². The Hall–Kier alpha value is -3.80. The average molecular weight is 415 g/mol. The highest BCUT2D eigenvalue weighted by atomic mass is 16.5. The van der Waals surface area contributed by atoms with Crippen LogP contribution in [0.25, 0.3) is 0 Å². The van der Waals surface area contributed by atoms with E-state index in [1.165, 1.54) is 0 Å². The number of aryl methyl sites for hydroxylation is 1. The molecule has 4 aromatic rings. The van der Waals surface area contributed by atoms with Crippen molar-refractivity contribution >= 4 is 5.91 Å². The molecule has 0 N–H and O–H groups in total. The first-order valence-electron chi connectivity index (χ1n) is 10.1. The zero-order valence-electron chi connectivity index (χ0n) is 17.7. The van der Waals surface area contributed by atoms with E-state index in [9.17, 15) is 4.79 Å². The van der Waals surface area contributed by atoms with Crippen molar-refractivity contribution in [2.75, 3.05) is 7.11 Å². The Kier molecular flexibility index (Phi) is 6.17. The highest BCUT2D eigenvalue weighted by Crippen LogP contribution is 2.17. The second-order valence-electron chi connectivity index (χ2n) is 7.43. The molecule has 6 nitrogen and oxygen atoms in total. The summed E-state index contributed by atoms with van der Waals surface area (Å²) in [5.74, 6) is 2.28. The molecule has 31 heavy (non-hydrogen) atoms. The molecule has 4 rings (SSSR count). The van der Waals surface area contributed by atoms with Gasteiger partial charge < -0.3 is 18.6 Å². The van der Waals surface area contributed by atoms with Crippen LogP contribution in [0.5, 0.6) is 5.75 Å². The topological polar surface area (TPSA) is 60.5 Å². The van der Waals surface area contributed by atoms with Gasteiger partial charge in [0.2, 0.25) is 0 Å². The Morgan fingerprint density at radius 1 is 1.10 bits per heavy atom. The third-order valence-electron chi connectivity index (χ3n) is 5.13. The van der Waals surface area contributed by atoms with Crippen molar-refractivity contribution in [3.63, 3.8) is 0 Å². The minimum absolute atomic E-state index is 0.0627. The fourth-order valence-electron chi connectivity index (χ4n) is 3.44. The Balaban J connectivity index is 1.57. The van der Waals surface area contributed by atoms with E-state index in [4.69, 9.17) is 9.15 Å². The summed E-state index contributed by atoms with van der Waals surface area (Å²) in [6.45, 7) is 3.38. The number of carbonyl (C=O) groups is 1. The molecule has 0 fully saturated rings. The number of aromatic nitrogens is 2. The molecule has 0 saturated heterocycles. The fourth-order valence-corrected chi connectivity index (χ4v) is 3.44. The third-order valence-corrected chi connectivity index (χ3v) is 5.13. The smallest absolute Gasteiger partial charge is 0.254 e. The van der Waals surface area contributed by atoms with E-state index in [-0.39, 0.29) is 5.91 Å². The standard InChI is InChI=1S/C25H25N3O3/c1-19-8-10-21(11-9-19)25(29)28(17-23-7-4-14-31-23)18-24-26-12-13-27(24)16-20-5-3-6-22(15-20)30-2/h3-15H,16-18H2,1-2H3. The van der Waals surface area contributed by atoms with Gasteiger partial charge in [0.05, 0.1) is 26.5 Å². The van der Waals surface area contributed by atoms with Crippen LogP contribution in [0, 0.1) is 6.92 Å². The number of carbonyl (C=O) groups excluding carboxylic acids is 1. The van der Waals surface area contributed by atoms with Crippen LogP contribution in [0.3, 0.4) is 0 Å². The minimum Gasteiger partial charge on any atom is -0.497 e. The Bertz CT molecular complexity index is 1130. The Morgan fingerprint density at radius 2 is 1.94 bits per heavy atom. The lowest BCUT2D eigenvalue weighted by atomic mass is 10.1. The SMILES string of the molecule is COc1cccc(Cn2ccnc2CN(Cc2ccco2)C(=O)c2ccc(C)cc2)c1. The van der Waals surface area contributed by atoms with Crippen LogP contribution >= 0.6 is 0 Å². The predicted molar refractivity (Wildman–Crippen MR) is 118 cm³/mol. The lowest BCUT2D eigenvalue weighted by Crippen LogP contribution is -2.31. The average Bonchev–Trinajstić information content (AvgIpc) is 3.46. The number of methoxy groups -OCH3 is 1. The van der Waals surface area contributed by atoms with E-state index in [0.29, 0.717) is 25.2 Å². The zero-order chi connectivity index (χ0) is 21.6. The van der Waals surface area contributed by atoms with E-state index >= 15 is 0 Å². The number of furan rings is 1. The van der Waals surface area contributed by atoms with E-state index in [0.717, 1.165) is 28.5 Å². The number of hydrogen-bond acceptors (Lipinski definition) is 4. The van der Waals surface area contributed by atoms with E-state index in [1.54, 1.807) is 24.5 Å². The summed E-state index contributed by atoms with van der Waals surface area (Å²) < 4.78 is 12.9. The lowest BCUT2D eigenvalue weighted by Gasteiger charge is -2.22. The number of hydrogen-bond donors (Lipinski definition) is 0. The molecule has 0 aliphatic rings. The predicted octanol–water partition coefficient (Wildman–Crippen LogP) is 4.68. The quantitative estimate of drug-likeness (QED) is 0.419. The molecule has 0 atom stereocenters. The van der Waals surface area contributed by atoms with Gasteiger partial charge in [0, 0.05) is 24.5 Å². The number of imidazole rings is 1. The maximum atomic E-state index is 13.3. The van der Waals surface area contributed by atoms with Crippen molar-refractivity contribution in [2.45, 2.75) is 26.6 Å². The first kappa shape index (κ1) is 20.5. The van der Waals surface area contributed by atoms with Crippen molar-refractivity contribution in [3.05, 3.63) is 108 Å². The van der Waals surface area contributed by atoms with Crippen LogP contribution in [0.4, 0.5) is 0 Å². The van der Waals surface area contributed by atoms with Crippen molar-refractivity contribution in [2.24, 2.45) is 0 Å². The Morgan fingerprint density at radius 3 is 2.68 bits per heavy atom. The summed E-state index contributed by atoms with van der Waals surface area (Å²) in [5.41, 5.74) is 2.85. The highest BCUT2D eigenvalue weighted by molar-refractivity contribution is 5.94. The van der Waals surface area contributed by atoms with Crippen LogP contribution in [0.1, 0.15) is 33.1 Å². The third kappa shape index (κ3) is 5.04. The molecule has 0 radical (unpaired) electrons. The molecule has 0 saturated carbocycles. The van der Waals surface area contributed by atoms with Crippen LogP contribution in [-0.4, -0.2) is 27.5 Å². The van der Waals surface area contributed by atoms with Gasteiger partial charge in [0.1, 0.15) is 17.3 Å². The molecule has 158 valence electrons. The van der Waals surface area contributed by atoms with Gasteiger partial charge in [-0.05, 0) is 48.9 Å². The largest absolute Gasteiger partial charge is 0.497 e. The monoisotopic (exact) mass is 415 g/mol. The molecule has 2 aromatic heterocycles. The summed E-state index contributed by atoms with van der Waals surface area (Å²) in [4.78, 5) is 19.6. The van der Waals surface area contributed by atoms with Gasteiger partial charge in [-0.15, -0.1) is 0 Å². The van der Waals surface area contributed by atoms with Gasteiger partial charge in [0.15, 0.2) is 0 Å². The lowest BCUT2D eigenvalue weighted by molar-refractivity contribution is 0.0711. The van der Waals surface area contributed by atoms with Gasteiger partial charge in [-0.25, -0.2) is 4.98 Å². The molecule has 0 aliphatic heterocycles. The number of nitrogens with zero attached hydrogens (tertiary/aromatic N) is 3. The molecule has 6 heteroatoms. The van der Waals surface area contributed by atoms with E-state index < -0.39 is 0 Å². The number of amides is 1. The van der Waals surface area contributed by atoms with Crippen molar-refractivity contribution in [1.29, 1.82) is 0 Å². The minimum atomic E-state index is -0.0627. The van der Waals surface area contributed by atoms with Gasteiger partial charge in [-0.1, -0.05) is 29.8 Å². The number of benzene rings is 2. The summed E-state index contributed by atoms with van der Waals surface area (Å²) in [7, 11) is 1.66. The van der Waals surface area contributed by atoms with Crippen LogP contribution in [-0.2, 0) is 19.6 Å². The first-order chi connectivity index (χ1) is 15.1. The van der Waals surface area contributed by atoms with Gasteiger partial charge in [0.25, 0.3) is 5.91 Å². The molecule has 0 bridgehead atoms. The summed E-state index contributed by atoms with van der Waals surface area (Å²) in [5, 5.41) is 0. The second-order valence-corrected chi connectivity index (χ2v) is 7.43. The maximum absolute atomic E-state index is 13.3. The molecule has 2 aromatic carbocycles. The highest BCUT2D eigenvalue weighted by Gasteiger charge is 2.20. The number of rotatable bonds is 8. The fraction of sp³-hybridized carbons (Fsp3) is 0.200. The van der Waals surface area contributed by atoms with Gasteiger partial charge in [-0.3, -0.25) is 4.79 Å². The van der Waals surface area contributed by atoms with E-state index in [1.807, 2.05) is 78.4 Å². The Labute approximate surface area is 181 Å². The molecule has 2 heterocycles. The molecule has 0 aliphatic carbocycles. The number of ether oxygens (including phenoxy) is 1.